The van der Waals surface area contributed by atoms with Crippen LogP contribution in [0, 0.1) is 6.92 Å². The van der Waals surface area contributed by atoms with Crippen LogP contribution in [-0.2, 0) is 31.6 Å². The van der Waals surface area contributed by atoms with Gasteiger partial charge in [-0.05, 0) is 6.92 Å². The van der Waals surface area contributed by atoms with Crippen LogP contribution >= 0.6 is 23.5 Å². The molecule has 21 heteroatoms. The van der Waals surface area contributed by atoms with Gasteiger partial charge in [-0.1, -0.05) is 0 Å². The number of aliphatic hydroxyl groups excluding tert-OH is 1. The average molecular weight is 496 g/mol. The van der Waals surface area contributed by atoms with E-state index in [0.717, 1.165) is 4.57 Å². The van der Waals surface area contributed by atoms with Gasteiger partial charge in [0.1, 0.15) is 12.3 Å². The normalized spacial score (nSPS) is 26.6. The smallest absolute Gasteiger partial charge is 0.756 e. The number of hydrogen-bond donors (Lipinski definition) is 4. The van der Waals surface area contributed by atoms with Crippen molar-refractivity contribution in [2.24, 2.45) is 0 Å². The molecule has 1 aliphatic rings. The molecule has 3 unspecified atom stereocenters. The molecule has 0 amide bonds. The third-order valence-corrected chi connectivity index (χ3v) is 7.19. The number of aliphatic hydroxyl groups is 1. The number of ether oxygens (including phenoxy) is 1. The van der Waals surface area contributed by atoms with E-state index in [1.165, 1.54) is 13.1 Å². The van der Waals surface area contributed by atoms with Crippen LogP contribution in [0.15, 0.2) is 15.8 Å². The van der Waals surface area contributed by atoms with Crippen LogP contribution < -0.4 is 58.8 Å². The summed E-state index contributed by atoms with van der Waals surface area (Å²) in [5, 5.41) is 9.96. The van der Waals surface area contributed by atoms with Gasteiger partial charge in [-0.3, -0.25) is 28.0 Å². The summed E-state index contributed by atoms with van der Waals surface area (Å²) in [5.41, 5.74) is -1.30. The predicted molar refractivity (Wildman–Crippen MR) is 86.0 cm³/mol. The van der Waals surface area contributed by atoms with E-state index in [9.17, 15) is 43.1 Å². The van der Waals surface area contributed by atoms with E-state index < -0.39 is 59.8 Å². The Hall–Kier alpha value is 0.205. The Balaban J connectivity index is 0.00000450. The van der Waals surface area contributed by atoms with Crippen molar-refractivity contribution in [3.63, 3.8) is 0 Å². The van der Waals surface area contributed by atoms with E-state index >= 15 is 0 Å². The molecule has 4 N–H and O–H groups in total. The Morgan fingerprint density at radius 2 is 1.81 bits per heavy atom. The van der Waals surface area contributed by atoms with E-state index in [0.29, 0.717) is 0 Å². The average Bonchev–Trinajstić information content (AvgIpc) is 2.86. The number of aromatic amines is 1. The van der Waals surface area contributed by atoms with Gasteiger partial charge < -0.3 is 29.4 Å². The largest absolute Gasteiger partial charge is 1.00 e. The minimum absolute atomic E-state index is 0. The summed E-state index contributed by atoms with van der Waals surface area (Å²) in [5.74, 6) is 0. The molecule has 0 radical (unpaired) electrons. The predicted octanol–water partition coefficient (Wildman–Crippen LogP) is -8.42. The fourth-order valence-corrected chi connectivity index (χ4v) is 5.23. The van der Waals surface area contributed by atoms with E-state index in [4.69, 9.17) is 9.63 Å². The number of phosphoric acid groups is 3. The summed E-state index contributed by atoms with van der Waals surface area (Å²) in [7, 11) is -17.3. The van der Waals surface area contributed by atoms with Crippen molar-refractivity contribution in [2.45, 2.75) is 31.8 Å². The number of hydrogen-bond acceptors (Lipinski definition) is 12. The maximum absolute atomic E-state index is 11.8. The maximum Gasteiger partial charge on any atom is 1.00 e. The van der Waals surface area contributed by atoms with Crippen LogP contribution in [0.1, 0.15) is 18.2 Å². The molecule has 6 atom stereocenters. The zero-order valence-electron chi connectivity index (χ0n) is 16.3. The number of nitrogens with zero attached hydrogens (tertiary/aromatic N) is 1. The first kappa shape index (κ1) is 31.2. The first-order valence-electron chi connectivity index (χ1n) is 7.49. The standard InChI is InChI=1S/C10H17N2O14P3.2Li/c1-5-3-12(10(15)11-9(5)14)8-2-6(13)7(24-8)4-23-28(19,20)26-29(21,22)25-27(16,17)18;;/h3,6-8,13H,2,4H2,1H3,(H,19,20)(H,21,22)(H,11,14,15)(H2,16,17,18);;/q;2*+1/p-2/t6-,7-,8-;;/m1../s1/i11+1,12+1;;. The molecule has 1 fully saturated rings. The summed E-state index contributed by atoms with van der Waals surface area (Å²) < 4.78 is 50.4. The van der Waals surface area contributed by atoms with Crippen LogP contribution in [0.5, 0.6) is 0 Å². The fraction of sp³-hybridized carbons (Fsp3) is 0.600. The zero-order chi connectivity index (χ0) is 22.2. The molecule has 0 aromatic carbocycles. The summed E-state index contributed by atoms with van der Waals surface area (Å²) in [6.07, 6.45) is -2.78. The molecule has 166 valence electrons. The Bertz CT molecular complexity index is 1020. The number of aryl methyl sites for hydroxylation is 1. The second-order valence-electron chi connectivity index (χ2n) is 5.75. The third-order valence-electron chi connectivity index (χ3n) is 3.47. The topological polar surface area (TPSA) is 250 Å². The first-order chi connectivity index (χ1) is 13.1. The minimum Gasteiger partial charge on any atom is -0.756 e. The quantitative estimate of drug-likeness (QED) is 0.193. The number of aromatic nitrogens is 2. The molecule has 16 nitrogen and oxygen atoms in total. The van der Waals surface area contributed by atoms with Crippen molar-refractivity contribution in [2.75, 3.05) is 6.61 Å². The molecular formula is C10H15Li2N2O14P3. The summed E-state index contributed by atoms with van der Waals surface area (Å²) in [4.78, 5) is 64.4. The number of phosphoric ester groups is 1. The Morgan fingerprint density at radius 1 is 1.23 bits per heavy atom. The molecule has 1 aromatic rings. The Labute approximate surface area is 197 Å². The van der Waals surface area contributed by atoms with Crippen molar-refractivity contribution in [1.82, 2.24) is 9.55 Å². The van der Waals surface area contributed by atoms with Crippen LogP contribution in [0.2, 0.25) is 0 Å². The van der Waals surface area contributed by atoms with Crippen LogP contribution in [0.25, 0.3) is 0 Å². The van der Waals surface area contributed by atoms with Gasteiger partial charge in [-0.15, -0.1) is 0 Å². The van der Waals surface area contributed by atoms with Crippen LogP contribution in [0.4, 0.5) is 0 Å². The number of nitrogens with one attached hydrogen (secondary N) is 1. The van der Waals surface area contributed by atoms with Gasteiger partial charge >= 0.3 is 51.2 Å². The maximum atomic E-state index is 11.8. The van der Waals surface area contributed by atoms with Crippen LogP contribution in [-0.4, -0.2) is 43.3 Å². The molecule has 1 aromatic heterocycles. The monoisotopic (exact) mass is 496 g/mol. The van der Waals surface area contributed by atoms with Crippen LogP contribution in [0.3, 0.4) is 0 Å². The molecular weight excluding hydrogens is 481 g/mol. The van der Waals surface area contributed by atoms with Gasteiger partial charge in [0.2, 0.25) is 0 Å². The van der Waals surface area contributed by atoms with Gasteiger partial charge in [0.05, 0.1) is 12.7 Å². The SMILES string of the molecule is Cc1c[15n]([C@H]2C[C@@H](O)[C@@H](COP(=O)(O)OP(=O)([O-])OP(=O)([O-])O)O2)c(=O)[15nH]c1=O.[Li+].[Li+]. The third kappa shape index (κ3) is 9.53. The molecule has 2 rings (SSSR count). The van der Waals surface area contributed by atoms with Gasteiger partial charge in [0.25, 0.3) is 21.2 Å². The number of rotatable bonds is 8. The van der Waals surface area contributed by atoms with Crippen molar-refractivity contribution < 1.29 is 94.0 Å². The van der Waals surface area contributed by atoms with E-state index in [1.807, 2.05) is 4.98 Å². The van der Waals surface area contributed by atoms with Gasteiger partial charge in [0, 0.05) is 18.2 Å². The van der Waals surface area contributed by atoms with Gasteiger partial charge in [0.15, 0.2) is 0 Å². The molecule has 2 heterocycles. The van der Waals surface area contributed by atoms with E-state index in [2.05, 4.69) is 13.1 Å². The van der Waals surface area contributed by atoms with Gasteiger partial charge in [-0.2, -0.15) is 0 Å². The van der Waals surface area contributed by atoms with E-state index in [-0.39, 0.29) is 49.7 Å². The molecule has 0 saturated carbocycles. The molecule has 31 heavy (non-hydrogen) atoms. The molecule has 0 bridgehead atoms. The minimum atomic E-state index is -5.99. The molecule has 0 aliphatic carbocycles. The second-order valence-corrected chi connectivity index (χ2v) is 10.1. The Morgan fingerprint density at radius 3 is 2.35 bits per heavy atom. The first-order valence-corrected chi connectivity index (χ1v) is 11.9. The fourth-order valence-electron chi connectivity index (χ4n) is 2.29. The summed E-state index contributed by atoms with van der Waals surface area (Å²) in [6, 6.07) is 0. The summed E-state index contributed by atoms with van der Waals surface area (Å²) in [6.45, 7) is 0.493. The van der Waals surface area contributed by atoms with Crippen molar-refractivity contribution in [3.8, 4) is 0 Å². The second kappa shape index (κ2) is 11.6. The van der Waals surface area contributed by atoms with Crippen molar-refractivity contribution in [1.29, 1.82) is 0 Å². The molecule has 1 saturated heterocycles. The zero-order valence-corrected chi connectivity index (χ0v) is 19.0. The summed E-state index contributed by atoms with van der Waals surface area (Å²) >= 11 is 0. The van der Waals surface area contributed by atoms with E-state index in [1.54, 1.807) is 0 Å². The van der Waals surface area contributed by atoms with Gasteiger partial charge in [-0.25, -0.2) is 18.0 Å². The van der Waals surface area contributed by atoms with Crippen molar-refractivity contribution in [3.05, 3.63) is 32.6 Å². The molecule has 1 aliphatic heterocycles. The van der Waals surface area contributed by atoms with Crippen molar-refractivity contribution >= 4 is 23.5 Å². The molecule has 0 spiro atoms. The number of H-pyrrole nitrogens is 1. The Kier molecular flexibility index (Phi) is 11.6.